The predicted molar refractivity (Wildman–Crippen MR) is 82.2 cm³/mol. The lowest BCUT2D eigenvalue weighted by Crippen LogP contribution is -2.41. The maximum atomic E-state index is 6.09. The Labute approximate surface area is 118 Å². The number of hydrogen-bond donors (Lipinski definition) is 0. The van der Waals surface area contributed by atoms with Crippen LogP contribution in [0.4, 0.5) is 0 Å². The number of hydrogen-bond acceptors (Lipinski definition) is 3. The molecule has 0 aromatic carbocycles. The van der Waals surface area contributed by atoms with Crippen molar-refractivity contribution in [3.05, 3.63) is 23.9 Å². The molecule has 0 atom stereocenters. The predicted octanol–water partition coefficient (Wildman–Crippen LogP) is 4.18. The Hall–Kier alpha value is -0.873. The first-order valence-corrected chi connectivity index (χ1v) is 9.83. The van der Waals surface area contributed by atoms with Gasteiger partial charge in [0.25, 0.3) is 0 Å². The van der Waals surface area contributed by atoms with Crippen molar-refractivity contribution in [1.82, 2.24) is 4.98 Å². The van der Waals surface area contributed by atoms with Crippen molar-refractivity contribution in [1.29, 1.82) is 0 Å². The number of ether oxygens (including phenoxy) is 1. The van der Waals surface area contributed by atoms with Crippen LogP contribution in [0, 0.1) is 6.92 Å². The van der Waals surface area contributed by atoms with Gasteiger partial charge in [0, 0.05) is 25.3 Å². The summed E-state index contributed by atoms with van der Waals surface area (Å²) in [5.41, 5.74) is 1.15. The van der Waals surface area contributed by atoms with Gasteiger partial charge in [-0.2, -0.15) is 0 Å². The fraction of sp³-hybridized carbons (Fsp3) is 0.667. The van der Waals surface area contributed by atoms with E-state index in [0.717, 1.165) is 18.6 Å². The molecule has 0 radical (unpaired) electrons. The fourth-order valence-corrected chi connectivity index (χ4v) is 2.41. The largest absolute Gasteiger partial charge is 0.478 e. The smallest absolute Gasteiger partial charge is 0.213 e. The van der Waals surface area contributed by atoms with Gasteiger partial charge in [-0.25, -0.2) is 4.98 Å². The highest BCUT2D eigenvalue weighted by Crippen LogP contribution is 2.36. The highest BCUT2D eigenvalue weighted by molar-refractivity contribution is 6.74. The van der Waals surface area contributed by atoms with E-state index >= 15 is 0 Å². The van der Waals surface area contributed by atoms with E-state index in [-0.39, 0.29) is 5.04 Å². The van der Waals surface area contributed by atoms with Gasteiger partial charge in [-0.15, -0.1) is 0 Å². The molecule has 108 valence electrons. The van der Waals surface area contributed by atoms with Crippen LogP contribution in [0.25, 0.3) is 0 Å². The van der Waals surface area contributed by atoms with E-state index in [9.17, 15) is 0 Å². The third-order valence-electron chi connectivity index (χ3n) is 3.69. The summed E-state index contributed by atoms with van der Waals surface area (Å²) in [6.07, 6.45) is 2.73. The van der Waals surface area contributed by atoms with Crippen LogP contribution < -0.4 is 4.74 Å². The molecule has 0 saturated heterocycles. The molecule has 0 fully saturated rings. The molecule has 1 rings (SSSR count). The van der Waals surface area contributed by atoms with Gasteiger partial charge >= 0.3 is 0 Å². The third-order valence-corrected chi connectivity index (χ3v) is 8.23. The summed E-state index contributed by atoms with van der Waals surface area (Å²) in [6.45, 7) is 14.8. The van der Waals surface area contributed by atoms with Gasteiger partial charge in [0.2, 0.25) is 5.88 Å². The minimum atomic E-state index is -1.61. The lowest BCUT2D eigenvalue weighted by atomic mass is 10.2. The summed E-state index contributed by atoms with van der Waals surface area (Å²) in [7, 11) is -1.61. The molecule has 0 bridgehead atoms. The van der Waals surface area contributed by atoms with E-state index in [1.165, 1.54) is 0 Å². The standard InChI is InChI=1S/C15H27NO2Si/c1-13-8-9-14(16-12-13)17-10-7-11-18-19(5,6)15(2,3)4/h8-9,12H,7,10-11H2,1-6H3. The molecule has 0 aliphatic rings. The summed E-state index contributed by atoms with van der Waals surface area (Å²) in [5, 5.41) is 0.270. The zero-order chi connectivity index (χ0) is 14.5. The van der Waals surface area contributed by atoms with Crippen LogP contribution in [0.3, 0.4) is 0 Å². The van der Waals surface area contributed by atoms with Crippen molar-refractivity contribution in [3.63, 3.8) is 0 Å². The lowest BCUT2D eigenvalue weighted by molar-refractivity contribution is 0.229. The highest BCUT2D eigenvalue weighted by atomic mass is 28.4. The Morgan fingerprint density at radius 2 is 1.84 bits per heavy atom. The van der Waals surface area contributed by atoms with Crippen LogP contribution in [-0.2, 0) is 4.43 Å². The Bertz CT molecular complexity index is 382. The zero-order valence-electron chi connectivity index (χ0n) is 13.1. The first-order chi connectivity index (χ1) is 8.72. The molecule has 0 aliphatic heterocycles. The molecule has 0 aliphatic carbocycles. The molecule has 0 spiro atoms. The molecule has 1 heterocycles. The van der Waals surface area contributed by atoms with Crippen LogP contribution in [0.2, 0.25) is 18.1 Å². The number of nitrogens with zero attached hydrogens (tertiary/aromatic N) is 1. The average molecular weight is 281 g/mol. The lowest BCUT2D eigenvalue weighted by Gasteiger charge is -2.36. The monoisotopic (exact) mass is 281 g/mol. The Balaban J connectivity index is 2.23. The highest BCUT2D eigenvalue weighted by Gasteiger charge is 2.36. The van der Waals surface area contributed by atoms with Gasteiger partial charge in [0.15, 0.2) is 8.32 Å². The molecular weight excluding hydrogens is 254 g/mol. The molecule has 0 N–H and O–H groups in total. The SMILES string of the molecule is Cc1ccc(OCCCO[Si](C)(C)C(C)(C)C)nc1. The molecule has 0 unspecified atom stereocenters. The van der Waals surface area contributed by atoms with Gasteiger partial charge < -0.3 is 9.16 Å². The quantitative estimate of drug-likeness (QED) is 0.579. The van der Waals surface area contributed by atoms with Crippen LogP contribution in [0.1, 0.15) is 32.8 Å². The number of pyridine rings is 1. The average Bonchev–Trinajstić information content (AvgIpc) is 2.29. The maximum Gasteiger partial charge on any atom is 0.213 e. The van der Waals surface area contributed by atoms with E-state index in [2.05, 4.69) is 38.8 Å². The van der Waals surface area contributed by atoms with Gasteiger partial charge in [0.05, 0.1) is 6.61 Å². The first kappa shape index (κ1) is 16.2. The maximum absolute atomic E-state index is 6.09. The summed E-state index contributed by atoms with van der Waals surface area (Å²) in [4.78, 5) is 4.21. The third kappa shape index (κ3) is 5.33. The second-order valence-corrected chi connectivity index (χ2v) is 11.3. The van der Waals surface area contributed by atoms with Crippen LogP contribution in [0.5, 0.6) is 5.88 Å². The molecule has 1 aromatic heterocycles. The second-order valence-electron chi connectivity index (χ2n) is 6.48. The Morgan fingerprint density at radius 1 is 1.16 bits per heavy atom. The number of aryl methyl sites for hydroxylation is 1. The first-order valence-electron chi connectivity index (χ1n) is 6.92. The molecular formula is C15H27NO2Si. The molecule has 0 saturated carbocycles. The van der Waals surface area contributed by atoms with Crippen molar-refractivity contribution in [2.75, 3.05) is 13.2 Å². The van der Waals surface area contributed by atoms with Gasteiger partial charge in [-0.1, -0.05) is 26.8 Å². The van der Waals surface area contributed by atoms with Gasteiger partial charge in [-0.3, -0.25) is 0 Å². The van der Waals surface area contributed by atoms with Crippen molar-refractivity contribution >= 4 is 8.32 Å². The number of rotatable bonds is 6. The van der Waals surface area contributed by atoms with Gasteiger partial charge in [-0.05, 0) is 30.6 Å². The normalized spacial score (nSPS) is 12.5. The fourth-order valence-electron chi connectivity index (χ4n) is 1.32. The topological polar surface area (TPSA) is 31.4 Å². The summed E-state index contributed by atoms with van der Waals surface area (Å²) in [5.74, 6) is 0.693. The van der Waals surface area contributed by atoms with E-state index in [1.54, 1.807) is 0 Å². The summed E-state index contributed by atoms with van der Waals surface area (Å²) >= 11 is 0. The van der Waals surface area contributed by atoms with E-state index in [4.69, 9.17) is 9.16 Å². The van der Waals surface area contributed by atoms with Crippen molar-refractivity contribution < 1.29 is 9.16 Å². The van der Waals surface area contributed by atoms with Crippen LogP contribution in [-0.4, -0.2) is 26.5 Å². The summed E-state index contributed by atoms with van der Waals surface area (Å²) in [6, 6.07) is 3.92. The Kier molecular flexibility index (Phi) is 5.56. The van der Waals surface area contributed by atoms with Crippen molar-refractivity contribution in [2.45, 2.75) is 52.2 Å². The van der Waals surface area contributed by atoms with E-state index in [1.807, 2.05) is 25.3 Å². The molecule has 4 heteroatoms. The second kappa shape index (κ2) is 6.53. The Morgan fingerprint density at radius 3 is 2.37 bits per heavy atom. The molecule has 19 heavy (non-hydrogen) atoms. The van der Waals surface area contributed by atoms with Crippen LogP contribution in [0.15, 0.2) is 18.3 Å². The van der Waals surface area contributed by atoms with Crippen molar-refractivity contribution in [2.24, 2.45) is 0 Å². The molecule has 0 amide bonds. The molecule has 3 nitrogen and oxygen atoms in total. The van der Waals surface area contributed by atoms with Crippen molar-refractivity contribution in [3.8, 4) is 5.88 Å². The zero-order valence-corrected chi connectivity index (χ0v) is 14.1. The summed E-state index contributed by atoms with van der Waals surface area (Å²) < 4.78 is 11.7. The minimum Gasteiger partial charge on any atom is -0.478 e. The molecule has 1 aromatic rings. The van der Waals surface area contributed by atoms with E-state index < -0.39 is 8.32 Å². The van der Waals surface area contributed by atoms with Gasteiger partial charge in [0.1, 0.15) is 0 Å². The van der Waals surface area contributed by atoms with Crippen LogP contribution >= 0.6 is 0 Å². The van der Waals surface area contributed by atoms with E-state index in [0.29, 0.717) is 12.5 Å². The number of aromatic nitrogens is 1. The minimum absolute atomic E-state index is 0.270.